The molecule has 652 valence electrons. The van der Waals surface area contributed by atoms with E-state index >= 15 is 4.79 Å². The van der Waals surface area contributed by atoms with Gasteiger partial charge in [0.15, 0.2) is 56.2 Å². The lowest BCUT2D eigenvalue weighted by molar-refractivity contribution is -0.391. The highest BCUT2D eigenvalue weighted by atomic mass is 16.8. The lowest BCUT2D eigenvalue weighted by Gasteiger charge is -2.71. The first kappa shape index (κ1) is 88.7. The lowest BCUT2D eigenvalue weighted by atomic mass is 9.33. The Kier molecular flexibility index (Phi) is 26.2. The van der Waals surface area contributed by atoms with E-state index < -0.39 is 323 Å². The monoisotopic (exact) mass is 1640 g/mol. The summed E-state index contributed by atoms with van der Waals surface area (Å²) in [6.45, 7) is 11.9. The van der Waals surface area contributed by atoms with Crippen molar-refractivity contribution in [3.8, 4) is 0 Å². The second kappa shape index (κ2) is 33.6. The van der Waals surface area contributed by atoms with E-state index in [2.05, 4.69) is 40.7 Å². The number of hydrogen-bond acceptors (Lipinski definition) is 39. The van der Waals surface area contributed by atoms with Gasteiger partial charge in [0, 0.05) is 0 Å². The van der Waals surface area contributed by atoms with Gasteiger partial charge in [-0.3, -0.25) is 4.79 Å². The standard InChI is InChI=1S/C74H116O40/c1-25-38(81)44(87)57(112-64-50(93)45(88)53(26(2)104-64)108-63-52(95)54(31(79)22-101-63)109-62-48(91)42(85)33(23-102-62)106-60-46(89)39(82)29(77)20-99-60)66(103-25)114-68(98)74-16-15-69(3,4)17-28(74)27-9-10-35-70(5)13-12-37(71(6,24-76)34(70)11-14-72(35,7)73(27,8)18-36(74)80)107-67-58(113-65-49(92)43(86)41(84)32(19-75)105-65)55(51(94)56(111-67)59(96)97)110-61-47(90)40(83)30(78)21-100-61/h9,24-26,28-58,60-67,75,77-95H,10-23H2,1-8H3,(H,96,97)/t25-,26+,28-,29+,30+,31-,32-,33+,34+,35-,36+,37-,38+,39+,40-,41+,42+,43+,44+,45+,46-,47+,48-,49-,50-,51-,52-,53+,54+,55-,56-,57-,58+,60+,61-,62+,63+,64+,65+,66+,67+,70-,71-,72+,73+,74+/m0/s1. The molecule has 0 aromatic heterocycles. The Morgan fingerprint density at radius 3 is 1.63 bits per heavy atom. The number of aldehydes is 1. The van der Waals surface area contributed by atoms with Crippen LogP contribution in [0.15, 0.2) is 11.6 Å². The molecule has 8 aliphatic heterocycles. The zero-order chi connectivity index (χ0) is 83.0. The Morgan fingerprint density at radius 1 is 0.465 bits per heavy atom. The molecule has 40 nitrogen and oxygen atoms in total. The number of aliphatic carboxylic acids is 1. The van der Waals surface area contributed by atoms with Crippen LogP contribution < -0.4 is 0 Å². The number of carbonyl (C=O) groups is 3. The Morgan fingerprint density at radius 2 is 1.00 bits per heavy atom. The third-order valence-electron chi connectivity index (χ3n) is 28.2. The minimum atomic E-state index is -2.23. The minimum Gasteiger partial charge on any atom is -0.479 e. The third-order valence-corrected chi connectivity index (χ3v) is 28.2. The SMILES string of the molecule is C[C@@H]1O[C@H](OC(=O)[C@]23CCC(C)(C)C[C@H]2C2=CC[C@H]4[C@@]5(C)CC[C@H](O[C@@H]6O[C@H](C(=O)O)[C@@H](O)[C@H](O[C@@H]7OC[C@@H](O)[C@H](O)[C@H]7O)[C@H]6O[C@H]6O[C@@H](CO)[C@@H](O)[C@@H](O)[C@@H]6O)[C@@](C)(C=O)[C@@H]5CC[C@@]4(C)[C@]2(C)C[C@H]3O)[C@@H](O[C@H]2O[C@H](C)[C@@H](O[C@H]3OC[C@H](O)[C@@H](O[C@H]4OC[C@@H](O[C@H]5OC[C@@H](O)[C@@H](O)[C@@H]5O)[C@@H](O)[C@@H]4O)[C@@H]3O)[C@H](O)[C@@H]2O)[C@H](O)[C@@H]1O. The summed E-state index contributed by atoms with van der Waals surface area (Å²) in [7, 11) is 0. The van der Waals surface area contributed by atoms with Crippen molar-refractivity contribution in [3.63, 3.8) is 0 Å². The number of esters is 1. The van der Waals surface area contributed by atoms with Crippen molar-refractivity contribution in [2.75, 3.05) is 33.0 Å². The maximum absolute atomic E-state index is 15.8. The van der Waals surface area contributed by atoms with Crippen molar-refractivity contribution < 1.29 is 197 Å². The predicted octanol–water partition coefficient (Wildman–Crippen LogP) is -7.88. The topological polar surface area (TPSA) is 624 Å². The van der Waals surface area contributed by atoms with Crippen LogP contribution >= 0.6 is 0 Å². The van der Waals surface area contributed by atoms with Crippen molar-refractivity contribution in [2.45, 2.75) is 347 Å². The largest absolute Gasteiger partial charge is 0.479 e. The molecule has 0 amide bonds. The van der Waals surface area contributed by atoms with Crippen LogP contribution in [0.4, 0.5) is 0 Å². The number of carboxylic acid groups (broad SMARTS) is 1. The highest BCUT2D eigenvalue weighted by Gasteiger charge is 2.73. The molecule has 0 aromatic rings. The molecule has 0 aromatic carbocycles. The maximum atomic E-state index is 15.8. The molecule has 0 spiro atoms. The number of aliphatic hydroxyl groups excluding tert-OH is 20. The molecule has 13 rings (SSSR count). The number of ether oxygens (including phenoxy) is 16. The molecule has 0 bridgehead atoms. The molecular formula is C74H116O40. The van der Waals surface area contributed by atoms with Crippen LogP contribution in [-0.2, 0) is 90.2 Å². The number of hydrogen-bond donors (Lipinski definition) is 21. The molecule has 13 aliphatic rings. The van der Waals surface area contributed by atoms with Crippen molar-refractivity contribution >= 4 is 18.2 Å². The molecule has 0 unspecified atom stereocenters. The second-order valence-electron chi connectivity index (χ2n) is 35.5. The summed E-state index contributed by atoms with van der Waals surface area (Å²) in [5.41, 5.74) is -4.92. The Hall–Kier alpha value is -3.05. The fraction of sp³-hybridized carbons (Fsp3) is 0.932. The number of carbonyl (C=O) groups excluding carboxylic acids is 2. The minimum absolute atomic E-state index is 0.0256. The zero-order valence-corrected chi connectivity index (χ0v) is 64.4. The smallest absolute Gasteiger partial charge is 0.335 e. The average molecular weight is 1650 g/mol. The van der Waals surface area contributed by atoms with Crippen molar-refractivity contribution in [2.24, 2.45) is 50.2 Å². The van der Waals surface area contributed by atoms with Gasteiger partial charge in [0.05, 0.1) is 62.9 Å². The summed E-state index contributed by atoms with van der Waals surface area (Å²) in [5.74, 6) is -4.11. The molecular weight excluding hydrogens is 1530 g/mol. The molecule has 5 aliphatic carbocycles. The Labute approximate surface area is 655 Å². The molecule has 0 radical (unpaired) electrons. The van der Waals surface area contributed by atoms with Gasteiger partial charge >= 0.3 is 11.9 Å². The molecule has 46 atom stereocenters. The van der Waals surface area contributed by atoms with E-state index in [0.29, 0.717) is 38.5 Å². The zero-order valence-electron chi connectivity index (χ0n) is 64.4. The van der Waals surface area contributed by atoms with E-state index in [1.165, 1.54) is 13.8 Å². The lowest BCUT2D eigenvalue weighted by Crippen LogP contribution is -2.69. The van der Waals surface area contributed by atoms with Crippen molar-refractivity contribution in [1.29, 1.82) is 0 Å². The highest BCUT2D eigenvalue weighted by Crippen LogP contribution is 2.76. The maximum Gasteiger partial charge on any atom is 0.335 e. The molecule has 8 heterocycles. The normalized spacial score (nSPS) is 55.1. The van der Waals surface area contributed by atoms with Gasteiger partial charge < -0.3 is 188 Å². The summed E-state index contributed by atoms with van der Waals surface area (Å²) in [5, 5.41) is 232. The number of aliphatic hydroxyl groups is 20. The number of fused-ring (bicyclic) bond motifs is 7. The quantitative estimate of drug-likeness (QED) is 0.0247. The van der Waals surface area contributed by atoms with E-state index in [4.69, 9.17) is 75.8 Å². The third kappa shape index (κ3) is 15.4. The average Bonchev–Trinajstić information content (AvgIpc) is 0.669. The molecule has 4 saturated carbocycles. The number of allylic oxidation sites excluding steroid dienone is 2. The Bertz CT molecular complexity index is 3360. The van der Waals surface area contributed by atoms with Gasteiger partial charge in [-0.05, 0) is 111 Å². The summed E-state index contributed by atoms with van der Waals surface area (Å²) in [6.07, 6.45) is -61.9. The van der Waals surface area contributed by atoms with Crippen LogP contribution in [0.3, 0.4) is 0 Å². The predicted molar refractivity (Wildman–Crippen MR) is 369 cm³/mol. The van der Waals surface area contributed by atoms with Crippen molar-refractivity contribution in [3.05, 3.63) is 11.6 Å². The van der Waals surface area contributed by atoms with E-state index in [0.717, 1.165) is 11.9 Å². The van der Waals surface area contributed by atoms with Gasteiger partial charge in [-0.25, -0.2) is 4.79 Å². The van der Waals surface area contributed by atoms with E-state index in [1.54, 1.807) is 6.92 Å². The number of rotatable bonds is 19. The first-order chi connectivity index (χ1) is 53.5. The summed E-state index contributed by atoms with van der Waals surface area (Å²) in [4.78, 5) is 43.1. The van der Waals surface area contributed by atoms with Gasteiger partial charge in [0.2, 0.25) is 6.29 Å². The van der Waals surface area contributed by atoms with Crippen LogP contribution in [0.1, 0.15) is 113 Å². The van der Waals surface area contributed by atoms with Crippen LogP contribution in [0.2, 0.25) is 0 Å². The van der Waals surface area contributed by atoms with Crippen molar-refractivity contribution in [1.82, 2.24) is 0 Å². The highest BCUT2D eigenvalue weighted by molar-refractivity contribution is 5.80. The van der Waals surface area contributed by atoms with Gasteiger partial charge in [-0.2, -0.15) is 0 Å². The van der Waals surface area contributed by atoms with Gasteiger partial charge in [0.25, 0.3) is 0 Å². The van der Waals surface area contributed by atoms with E-state index in [9.17, 15) is 117 Å². The second-order valence-corrected chi connectivity index (χ2v) is 35.5. The fourth-order valence-corrected chi connectivity index (χ4v) is 21.2. The van der Waals surface area contributed by atoms with Gasteiger partial charge in [0.1, 0.15) is 158 Å². The molecule has 8 saturated heterocycles. The van der Waals surface area contributed by atoms with Crippen LogP contribution in [-0.4, -0.2) is 392 Å². The molecule has 40 heteroatoms. The van der Waals surface area contributed by atoms with Gasteiger partial charge in [-0.15, -0.1) is 0 Å². The number of carboxylic acids is 1. The Balaban J connectivity index is 0.705. The van der Waals surface area contributed by atoms with E-state index in [-0.39, 0.29) is 25.2 Å². The fourth-order valence-electron chi connectivity index (χ4n) is 21.2. The van der Waals surface area contributed by atoms with Crippen LogP contribution in [0.5, 0.6) is 0 Å². The first-order valence-corrected chi connectivity index (χ1v) is 39.3. The summed E-state index contributed by atoms with van der Waals surface area (Å²) < 4.78 is 94.9. The summed E-state index contributed by atoms with van der Waals surface area (Å²) in [6, 6.07) is 0. The molecule has 21 N–H and O–H groups in total. The molecule has 12 fully saturated rings. The van der Waals surface area contributed by atoms with E-state index in [1.807, 2.05) is 0 Å². The van der Waals surface area contributed by atoms with Gasteiger partial charge in [-0.1, -0.05) is 53.2 Å². The first-order valence-electron chi connectivity index (χ1n) is 39.3. The van der Waals surface area contributed by atoms with Crippen LogP contribution in [0.25, 0.3) is 0 Å². The van der Waals surface area contributed by atoms with Crippen LogP contribution in [0, 0.1) is 50.2 Å². The summed E-state index contributed by atoms with van der Waals surface area (Å²) >= 11 is 0. The molecule has 114 heavy (non-hydrogen) atoms.